The van der Waals surface area contributed by atoms with E-state index in [0.717, 1.165) is 13.0 Å². The van der Waals surface area contributed by atoms with Gasteiger partial charge in [-0.15, -0.1) is 0 Å². The predicted molar refractivity (Wildman–Crippen MR) is 56.9 cm³/mol. The molecule has 1 heterocycles. The molecule has 1 atom stereocenters. The van der Waals surface area contributed by atoms with Crippen molar-refractivity contribution in [2.45, 2.75) is 12.0 Å². The van der Waals surface area contributed by atoms with E-state index in [1.54, 1.807) is 21.3 Å². The fourth-order valence-electron chi connectivity index (χ4n) is 1.89. The molecule has 0 aromatic carbocycles. The summed E-state index contributed by atoms with van der Waals surface area (Å²) >= 11 is 0. The van der Waals surface area contributed by atoms with Gasteiger partial charge in [0.2, 0.25) is 0 Å². The summed E-state index contributed by atoms with van der Waals surface area (Å²) in [4.78, 5) is 2.13. The van der Waals surface area contributed by atoms with Crippen LogP contribution in [0.15, 0.2) is 12.3 Å². The van der Waals surface area contributed by atoms with Gasteiger partial charge in [0.1, 0.15) is 0 Å². The second-order valence-electron chi connectivity index (χ2n) is 3.47. The Labute approximate surface area is 86.8 Å². The molecule has 0 fully saturated rings. The number of nitrogens with zero attached hydrogens (tertiary/aromatic N) is 1. The molecule has 0 amide bonds. The summed E-state index contributed by atoms with van der Waals surface area (Å²) in [6.07, 6.45) is 5.18. The molecular weight excluding hydrogens is 198 g/mol. The van der Waals surface area contributed by atoms with Crippen molar-refractivity contribution in [2.24, 2.45) is 0 Å². The Morgan fingerprint density at radius 3 is 2.21 bits per heavy atom. The predicted octanol–water partition coefficient (Wildman–Crippen LogP) is 1.08. The monoisotopic (exact) mass is 217 g/mol. The lowest BCUT2D eigenvalue weighted by molar-refractivity contribution is 0.106. The van der Waals surface area contributed by atoms with Crippen LogP contribution in [-0.2, 0) is 13.3 Å². The highest BCUT2D eigenvalue weighted by Crippen LogP contribution is 2.30. The quantitative estimate of drug-likeness (QED) is 0.660. The molecule has 0 spiro atoms. The molecule has 1 unspecified atom stereocenters. The van der Waals surface area contributed by atoms with Crippen molar-refractivity contribution < 1.29 is 13.3 Å². The van der Waals surface area contributed by atoms with Crippen LogP contribution in [0.5, 0.6) is 0 Å². The zero-order valence-corrected chi connectivity index (χ0v) is 10.3. The van der Waals surface area contributed by atoms with Gasteiger partial charge in [-0.25, -0.2) is 0 Å². The van der Waals surface area contributed by atoms with Crippen molar-refractivity contribution >= 4 is 8.80 Å². The van der Waals surface area contributed by atoms with Gasteiger partial charge in [0, 0.05) is 34.9 Å². The fourth-order valence-corrected chi connectivity index (χ4v) is 4.33. The van der Waals surface area contributed by atoms with Gasteiger partial charge in [0.15, 0.2) is 0 Å². The zero-order valence-electron chi connectivity index (χ0n) is 9.32. The Morgan fingerprint density at radius 2 is 1.79 bits per heavy atom. The highest BCUT2D eigenvalue weighted by atomic mass is 28.4. The Hall–Kier alpha value is -0.363. The van der Waals surface area contributed by atoms with Crippen LogP contribution in [0.3, 0.4) is 0 Å². The highest BCUT2D eigenvalue weighted by Gasteiger charge is 2.47. The zero-order chi connectivity index (χ0) is 10.6. The van der Waals surface area contributed by atoms with E-state index in [-0.39, 0.29) is 0 Å². The summed E-state index contributed by atoms with van der Waals surface area (Å²) in [7, 11) is 4.59. The maximum Gasteiger partial charge on any atom is 0.505 e. The molecule has 0 aliphatic carbocycles. The van der Waals surface area contributed by atoms with Gasteiger partial charge in [-0.05, 0) is 12.6 Å². The molecule has 0 N–H and O–H groups in total. The van der Waals surface area contributed by atoms with E-state index in [2.05, 4.69) is 17.2 Å². The molecule has 0 aromatic heterocycles. The molecule has 0 bridgehead atoms. The van der Waals surface area contributed by atoms with Gasteiger partial charge in [-0.3, -0.25) is 0 Å². The summed E-state index contributed by atoms with van der Waals surface area (Å²) in [5, 5.41) is 0. The van der Waals surface area contributed by atoms with Crippen molar-refractivity contribution in [1.82, 2.24) is 4.90 Å². The Balaban J connectivity index is 2.73. The molecule has 1 aliphatic rings. The third-order valence-electron chi connectivity index (χ3n) is 2.64. The topological polar surface area (TPSA) is 30.9 Å². The summed E-state index contributed by atoms with van der Waals surface area (Å²) in [5.41, 5.74) is 0.331. The normalized spacial score (nSPS) is 22.9. The molecule has 1 aliphatic heterocycles. The highest BCUT2D eigenvalue weighted by molar-refractivity contribution is 6.62. The van der Waals surface area contributed by atoms with E-state index in [4.69, 9.17) is 13.3 Å². The van der Waals surface area contributed by atoms with E-state index in [9.17, 15) is 0 Å². The molecule has 0 saturated carbocycles. The third kappa shape index (κ3) is 2.17. The molecule has 1 rings (SSSR count). The first-order valence-electron chi connectivity index (χ1n) is 4.71. The maximum atomic E-state index is 5.46. The molecule has 5 heteroatoms. The Bertz CT molecular complexity index is 198. The van der Waals surface area contributed by atoms with Gasteiger partial charge in [-0.1, -0.05) is 6.08 Å². The first kappa shape index (κ1) is 11.7. The van der Waals surface area contributed by atoms with Gasteiger partial charge < -0.3 is 18.2 Å². The number of hydrogen-bond donors (Lipinski definition) is 0. The van der Waals surface area contributed by atoms with E-state index >= 15 is 0 Å². The van der Waals surface area contributed by atoms with Crippen LogP contribution in [0, 0.1) is 0 Å². The maximum absolute atomic E-state index is 5.46. The fraction of sp³-hybridized carbons (Fsp3) is 0.778. The van der Waals surface area contributed by atoms with Crippen LogP contribution in [-0.4, -0.2) is 48.6 Å². The Morgan fingerprint density at radius 1 is 1.21 bits per heavy atom. The summed E-state index contributed by atoms with van der Waals surface area (Å²) in [5.74, 6) is 0. The van der Waals surface area contributed by atoms with E-state index < -0.39 is 8.80 Å². The molecule has 0 aromatic rings. The van der Waals surface area contributed by atoms with Crippen LogP contribution in [0.25, 0.3) is 0 Å². The van der Waals surface area contributed by atoms with Crippen molar-refractivity contribution in [1.29, 1.82) is 0 Å². The van der Waals surface area contributed by atoms with Crippen molar-refractivity contribution in [3.63, 3.8) is 0 Å². The molecule has 0 saturated heterocycles. The SMILES string of the molecule is CO[Si](OC)(OC)C1CC=CN(C)C1. The van der Waals surface area contributed by atoms with Gasteiger partial charge in [0.25, 0.3) is 0 Å². The second kappa shape index (κ2) is 4.93. The largest absolute Gasteiger partial charge is 0.505 e. The van der Waals surface area contributed by atoms with Gasteiger partial charge >= 0.3 is 8.80 Å². The van der Waals surface area contributed by atoms with Crippen molar-refractivity contribution in [3.8, 4) is 0 Å². The lowest BCUT2D eigenvalue weighted by Gasteiger charge is -2.36. The van der Waals surface area contributed by atoms with E-state index in [1.165, 1.54) is 0 Å². The third-order valence-corrected chi connectivity index (χ3v) is 5.77. The minimum atomic E-state index is -2.45. The van der Waals surface area contributed by atoms with Gasteiger partial charge in [0.05, 0.1) is 5.54 Å². The smallest absolute Gasteiger partial charge is 0.380 e. The van der Waals surface area contributed by atoms with E-state index in [1.807, 2.05) is 7.05 Å². The average Bonchev–Trinajstić information content (AvgIpc) is 2.22. The molecule has 0 radical (unpaired) electrons. The van der Waals surface area contributed by atoms with Crippen LogP contribution in [0.4, 0.5) is 0 Å². The van der Waals surface area contributed by atoms with Crippen molar-refractivity contribution in [3.05, 3.63) is 12.3 Å². The number of hydrogen-bond acceptors (Lipinski definition) is 4. The molecule has 82 valence electrons. The van der Waals surface area contributed by atoms with Crippen LogP contribution in [0.2, 0.25) is 5.54 Å². The number of rotatable bonds is 4. The Kier molecular flexibility index (Phi) is 4.12. The number of allylic oxidation sites excluding steroid dienone is 1. The van der Waals surface area contributed by atoms with Gasteiger partial charge in [-0.2, -0.15) is 0 Å². The van der Waals surface area contributed by atoms with Crippen LogP contribution < -0.4 is 0 Å². The minimum Gasteiger partial charge on any atom is -0.380 e. The standard InChI is InChI=1S/C9H19NO3Si/c1-10-7-5-6-9(8-10)14(11-2,12-3)13-4/h5,7,9H,6,8H2,1-4H3. The summed E-state index contributed by atoms with van der Waals surface area (Å²) < 4.78 is 16.4. The lowest BCUT2D eigenvalue weighted by atomic mass is 10.2. The lowest BCUT2D eigenvalue weighted by Crippen LogP contribution is -2.51. The summed E-state index contributed by atoms with van der Waals surface area (Å²) in [6.45, 7) is 0.929. The average molecular weight is 217 g/mol. The van der Waals surface area contributed by atoms with Crippen molar-refractivity contribution in [2.75, 3.05) is 34.9 Å². The van der Waals surface area contributed by atoms with Crippen LogP contribution in [0.1, 0.15) is 6.42 Å². The molecule has 14 heavy (non-hydrogen) atoms. The first-order valence-corrected chi connectivity index (χ1v) is 6.51. The first-order chi connectivity index (χ1) is 6.68. The summed E-state index contributed by atoms with van der Waals surface area (Å²) in [6, 6.07) is 0. The second-order valence-corrected chi connectivity index (χ2v) is 6.72. The van der Waals surface area contributed by atoms with E-state index in [0.29, 0.717) is 5.54 Å². The molecular formula is C9H19NO3Si. The van der Waals surface area contributed by atoms with Crippen LogP contribution >= 0.6 is 0 Å². The minimum absolute atomic E-state index is 0.331. The molecule has 4 nitrogen and oxygen atoms in total.